The largest absolute Gasteiger partial charge is 0.381 e. The molecule has 5 rings (SSSR count). The summed E-state index contributed by atoms with van der Waals surface area (Å²) in [6.07, 6.45) is 3.29. The van der Waals surface area contributed by atoms with E-state index in [0.717, 1.165) is 0 Å². The predicted molar refractivity (Wildman–Crippen MR) is 133 cm³/mol. The lowest BCUT2D eigenvalue weighted by Gasteiger charge is -2.41. The molecule has 4 heterocycles. The van der Waals surface area contributed by atoms with Crippen LogP contribution in [0.3, 0.4) is 0 Å². The van der Waals surface area contributed by atoms with Gasteiger partial charge in [-0.2, -0.15) is 0 Å². The van der Waals surface area contributed by atoms with E-state index in [9.17, 15) is 14.4 Å². The Hall–Kier alpha value is -3.02. The topological polar surface area (TPSA) is 101 Å². The Balaban J connectivity index is 1.20. The van der Waals surface area contributed by atoms with Crippen molar-refractivity contribution in [1.82, 2.24) is 30.0 Å². The van der Waals surface area contributed by atoms with E-state index in [4.69, 9.17) is 16.3 Å². The standard InChI is InChI=1S/C24H32ClN7O4/c1-28-14-20-22(33)32(16-30(20)15-28)31-10-8-29(9-11-31)23(34)21(17-6-12-36-13-7-17)27-24(35)26-19-4-2-18(25)3-5-19/h2-5,14,17,21H,6-13,15-16H2,1H3,(H2,26,27,35). The summed E-state index contributed by atoms with van der Waals surface area (Å²) in [6.45, 7) is 4.47. The number of hydrogen-bond acceptors (Lipinski definition) is 7. The van der Waals surface area contributed by atoms with Gasteiger partial charge < -0.3 is 30.1 Å². The van der Waals surface area contributed by atoms with Crippen molar-refractivity contribution in [2.45, 2.75) is 18.9 Å². The zero-order valence-electron chi connectivity index (χ0n) is 20.4. The third-order valence-corrected chi connectivity index (χ3v) is 7.39. The fourth-order valence-corrected chi connectivity index (χ4v) is 5.32. The Labute approximate surface area is 215 Å². The molecule has 0 aliphatic carbocycles. The molecule has 1 unspecified atom stereocenters. The summed E-state index contributed by atoms with van der Waals surface area (Å²) in [5.41, 5.74) is 1.31. The van der Waals surface area contributed by atoms with E-state index in [1.807, 2.05) is 28.1 Å². The molecule has 4 amide bonds. The molecule has 36 heavy (non-hydrogen) atoms. The maximum Gasteiger partial charge on any atom is 0.319 e. The van der Waals surface area contributed by atoms with Gasteiger partial charge in [0.2, 0.25) is 5.91 Å². The summed E-state index contributed by atoms with van der Waals surface area (Å²) in [7, 11) is 1.95. The first-order valence-electron chi connectivity index (χ1n) is 12.3. The second-order valence-corrected chi connectivity index (χ2v) is 10.0. The molecule has 1 atom stereocenters. The van der Waals surface area contributed by atoms with Crippen molar-refractivity contribution in [3.63, 3.8) is 0 Å². The number of anilines is 1. The van der Waals surface area contributed by atoms with Gasteiger partial charge in [-0.1, -0.05) is 11.6 Å². The van der Waals surface area contributed by atoms with Crippen molar-refractivity contribution in [2.75, 3.05) is 65.1 Å². The van der Waals surface area contributed by atoms with Crippen LogP contribution in [0.25, 0.3) is 0 Å². The molecule has 2 N–H and O–H groups in total. The minimum atomic E-state index is -0.646. The fourth-order valence-electron chi connectivity index (χ4n) is 5.19. The first-order chi connectivity index (χ1) is 17.4. The van der Waals surface area contributed by atoms with Crippen LogP contribution in [-0.2, 0) is 14.3 Å². The third-order valence-electron chi connectivity index (χ3n) is 7.14. The number of halogens is 1. The van der Waals surface area contributed by atoms with Gasteiger partial charge in [0, 0.05) is 63.4 Å². The highest BCUT2D eigenvalue weighted by Gasteiger charge is 2.41. The predicted octanol–water partition coefficient (Wildman–Crippen LogP) is 1.16. The van der Waals surface area contributed by atoms with Crippen LogP contribution in [0.2, 0.25) is 5.02 Å². The molecule has 194 valence electrons. The first kappa shape index (κ1) is 24.7. The van der Waals surface area contributed by atoms with Gasteiger partial charge in [0.25, 0.3) is 5.91 Å². The molecule has 1 aromatic carbocycles. The summed E-state index contributed by atoms with van der Waals surface area (Å²) in [6, 6.07) is 5.74. The number of hydrazine groups is 1. The number of urea groups is 1. The molecule has 1 aromatic rings. The number of piperazine rings is 1. The highest BCUT2D eigenvalue weighted by molar-refractivity contribution is 6.30. The molecular weight excluding hydrogens is 486 g/mol. The molecule has 0 bridgehead atoms. The number of nitrogens with zero attached hydrogens (tertiary/aromatic N) is 5. The van der Waals surface area contributed by atoms with Gasteiger partial charge in [-0.3, -0.25) is 9.59 Å². The number of ether oxygens (including phenoxy) is 1. The fraction of sp³-hybridized carbons (Fsp3) is 0.542. The van der Waals surface area contributed by atoms with Crippen LogP contribution >= 0.6 is 11.6 Å². The second-order valence-electron chi connectivity index (χ2n) is 9.61. The minimum absolute atomic E-state index is 0.000235. The van der Waals surface area contributed by atoms with Crippen LogP contribution in [0.5, 0.6) is 0 Å². The zero-order valence-corrected chi connectivity index (χ0v) is 21.1. The molecule has 12 heteroatoms. The number of benzene rings is 1. The average Bonchev–Trinajstić information content (AvgIpc) is 3.40. The quantitative estimate of drug-likeness (QED) is 0.604. The monoisotopic (exact) mass is 517 g/mol. The second kappa shape index (κ2) is 10.5. The van der Waals surface area contributed by atoms with E-state index < -0.39 is 12.1 Å². The van der Waals surface area contributed by atoms with E-state index in [1.165, 1.54) is 0 Å². The maximum absolute atomic E-state index is 13.6. The number of amides is 4. The van der Waals surface area contributed by atoms with Gasteiger partial charge in [-0.25, -0.2) is 14.8 Å². The smallest absolute Gasteiger partial charge is 0.319 e. The highest BCUT2D eigenvalue weighted by Crippen LogP contribution is 2.26. The number of hydrogen-bond donors (Lipinski definition) is 2. The van der Waals surface area contributed by atoms with Crippen LogP contribution in [0.15, 0.2) is 36.2 Å². The van der Waals surface area contributed by atoms with Crippen LogP contribution in [0.4, 0.5) is 10.5 Å². The number of carbonyl (C=O) groups is 3. The minimum Gasteiger partial charge on any atom is -0.381 e. The Morgan fingerprint density at radius 3 is 2.42 bits per heavy atom. The zero-order chi connectivity index (χ0) is 25.2. The molecule has 4 aliphatic rings. The van der Waals surface area contributed by atoms with Gasteiger partial charge >= 0.3 is 6.03 Å². The third kappa shape index (κ3) is 5.23. The molecule has 4 aliphatic heterocycles. The Morgan fingerprint density at radius 1 is 1.06 bits per heavy atom. The first-order valence-corrected chi connectivity index (χ1v) is 12.7. The van der Waals surface area contributed by atoms with Crippen molar-refractivity contribution in [3.05, 3.63) is 41.2 Å². The van der Waals surface area contributed by atoms with Crippen LogP contribution in [0, 0.1) is 5.92 Å². The molecular formula is C24H32ClN7O4. The van der Waals surface area contributed by atoms with Crippen LogP contribution < -0.4 is 10.6 Å². The van der Waals surface area contributed by atoms with E-state index in [0.29, 0.717) is 82.0 Å². The van der Waals surface area contributed by atoms with Crippen molar-refractivity contribution in [3.8, 4) is 0 Å². The number of nitrogens with one attached hydrogen (secondary N) is 2. The summed E-state index contributed by atoms with van der Waals surface area (Å²) in [4.78, 5) is 45.1. The van der Waals surface area contributed by atoms with Crippen molar-refractivity contribution in [1.29, 1.82) is 0 Å². The molecule has 3 saturated heterocycles. The van der Waals surface area contributed by atoms with Crippen LogP contribution in [0.1, 0.15) is 12.8 Å². The van der Waals surface area contributed by atoms with Gasteiger partial charge in [-0.15, -0.1) is 0 Å². The lowest BCUT2D eigenvalue weighted by molar-refractivity contribution is -0.149. The Bertz CT molecular complexity index is 1020. The molecule has 3 fully saturated rings. The Morgan fingerprint density at radius 2 is 1.75 bits per heavy atom. The van der Waals surface area contributed by atoms with Gasteiger partial charge in [-0.05, 0) is 43.0 Å². The lowest BCUT2D eigenvalue weighted by Crippen LogP contribution is -2.60. The molecule has 0 aromatic heterocycles. The highest BCUT2D eigenvalue weighted by atomic mass is 35.5. The summed E-state index contributed by atoms with van der Waals surface area (Å²) < 4.78 is 5.48. The number of rotatable bonds is 5. The lowest BCUT2D eigenvalue weighted by atomic mass is 9.90. The molecule has 0 saturated carbocycles. The molecule has 0 spiro atoms. The van der Waals surface area contributed by atoms with Gasteiger partial charge in [0.15, 0.2) is 0 Å². The van der Waals surface area contributed by atoms with E-state index in [2.05, 4.69) is 10.6 Å². The van der Waals surface area contributed by atoms with Gasteiger partial charge in [0.1, 0.15) is 18.4 Å². The molecule has 0 radical (unpaired) electrons. The summed E-state index contributed by atoms with van der Waals surface area (Å²) >= 11 is 5.93. The van der Waals surface area contributed by atoms with E-state index in [1.54, 1.807) is 34.2 Å². The van der Waals surface area contributed by atoms with Crippen molar-refractivity contribution in [2.24, 2.45) is 5.92 Å². The summed E-state index contributed by atoms with van der Waals surface area (Å²) in [5.74, 6) is -0.0956. The Kier molecular flexibility index (Phi) is 7.22. The number of carbonyl (C=O) groups excluding carboxylic acids is 3. The normalized spacial score (nSPS) is 21.9. The van der Waals surface area contributed by atoms with Crippen LogP contribution in [-0.4, -0.2) is 108 Å². The number of fused-ring (bicyclic) bond motifs is 1. The maximum atomic E-state index is 13.6. The van der Waals surface area contributed by atoms with E-state index in [-0.39, 0.29) is 17.7 Å². The van der Waals surface area contributed by atoms with Crippen molar-refractivity contribution < 1.29 is 19.1 Å². The summed E-state index contributed by atoms with van der Waals surface area (Å²) in [5, 5.41) is 10.1. The average molecular weight is 518 g/mol. The SMILES string of the molecule is CN1C=C2C(=O)N(N3CCN(C(=O)C(NC(=O)Nc4ccc(Cl)cc4)C4CCOCC4)CC3)CN2C1. The van der Waals surface area contributed by atoms with Gasteiger partial charge in [0.05, 0.1) is 6.67 Å². The van der Waals surface area contributed by atoms with E-state index >= 15 is 0 Å². The molecule has 11 nitrogen and oxygen atoms in total. The van der Waals surface area contributed by atoms with Crippen molar-refractivity contribution >= 4 is 35.1 Å².